The lowest BCUT2D eigenvalue weighted by Crippen LogP contribution is -2.32. The number of nitrogens with zero attached hydrogens (tertiary/aromatic N) is 1. The van der Waals surface area contributed by atoms with Gasteiger partial charge in [0.2, 0.25) is 0 Å². The molecule has 7 heteroatoms. The normalized spacial score (nSPS) is 10.9. The van der Waals surface area contributed by atoms with Crippen LogP contribution in [0.15, 0.2) is 47.5 Å². The van der Waals surface area contributed by atoms with E-state index in [0.717, 1.165) is 5.56 Å². The topological polar surface area (TPSA) is 78.4 Å². The highest BCUT2D eigenvalue weighted by Crippen LogP contribution is 2.27. The van der Waals surface area contributed by atoms with Crippen molar-refractivity contribution in [3.63, 3.8) is 0 Å². The number of benzene rings is 2. The van der Waals surface area contributed by atoms with Crippen molar-refractivity contribution in [2.45, 2.75) is 13.3 Å². The van der Waals surface area contributed by atoms with Gasteiger partial charge in [-0.05, 0) is 55.3 Å². The molecule has 0 radical (unpaired) electrons. The van der Waals surface area contributed by atoms with Gasteiger partial charge in [-0.3, -0.25) is 10.1 Å². The molecule has 0 aliphatic heterocycles. The first kappa shape index (κ1) is 21.1. The Kier molecular flexibility index (Phi) is 8.14. The van der Waals surface area contributed by atoms with Crippen LogP contribution < -0.4 is 19.5 Å². The fourth-order valence-corrected chi connectivity index (χ4v) is 2.49. The SMILES string of the molecule is CCOC(=NCCc1ccc(OC)c(OC)c1)NC(=O)c1ccc(OC)cc1. The van der Waals surface area contributed by atoms with Crippen molar-refractivity contribution in [2.24, 2.45) is 4.99 Å². The Morgan fingerprint density at radius 2 is 1.68 bits per heavy atom. The highest BCUT2D eigenvalue weighted by atomic mass is 16.5. The molecule has 2 aromatic carbocycles. The molecular weight excluding hydrogens is 360 g/mol. The molecule has 0 heterocycles. The van der Waals surface area contributed by atoms with Crippen molar-refractivity contribution < 1.29 is 23.7 Å². The molecule has 0 fully saturated rings. The molecule has 0 saturated carbocycles. The zero-order valence-electron chi connectivity index (χ0n) is 16.7. The minimum Gasteiger partial charge on any atom is -0.497 e. The first-order chi connectivity index (χ1) is 13.6. The van der Waals surface area contributed by atoms with E-state index in [1.807, 2.05) is 25.1 Å². The molecule has 7 nitrogen and oxygen atoms in total. The molecule has 0 spiro atoms. The molecule has 2 rings (SSSR count). The maximum Gasteiger partial charge on any atom is 0.291 e. The lowest BCUT2D eigenvalue weighted by molar-refractivity contribution is 0.0966. The molecule has 0 aromatic heterocycles. The summed E-state index contributed by atoms with van der Waals surface area (Å²) >= 11 is 0. The molecule has 0 bridgehead atoms. The molecule has 0 saturated heterocycles. The number of carbonyl (C=O) groups is 1. The van der Waals surface area contributed by atoms with Gasteiger partial charge in [-0.25, -0.2) is 4.99 Å². The van der Waals surface area contributed by atoms with Crippen LogP contribution in [-0.4, -0.2) is 46.4 Å². The van der Waals surface area contributed by atoms with Gasteiger partial charge in [0.15, 0.2) is 11.5 Å². The monoisotopic (exact) mass is 386 g/mol. The van der Waals surface area contributed by atoms with E-state index in [-0.39, 0.29) is 11.9 Å². The molecular formula is C21H26N2O5. The van der Waals surface area contributed by atoms with Crippen molar-refractivity contribution in [1.82, 2.24) is 5.32 Å². The van der Waals surface area contributed by atoms with E-state index in [1.165, 1.54) is 0 Å². The summed E-state index contributed by atoms with van der Waals surface area (Å²) in [4.78, 5) is 16.7. The van der Waals surface area contributed by atoms with Gasteiger partial charge in [-0.2, -0.15) is 0 Å². The average Bonchev–Trinajstić information content (AvgIpc) is 2.73. The Hall–Kier alpha value is -3.22. The lowest BCUT2D eigenvalue weighted by atomic mass is 10.1. The highest BCUT2D eigenvalue weighted by molar-refractivity contribution is 6.04. The minimum atomic E-state index is -0.291. The summed E-state index contributed by atoms with van der Waals surface area (Å²) in [6.45, 7) is 2.69. The summed E-state index contributed by atoms with van der Waals surface area (Å²) in [7, 11) is 4.77. The second-order valence-corrected chi connectivity index (χ2v) is 5.74. The Morgan fingerprint density at radius 3 is 2.29 bits per heavy atom. The molecule has 0 aliphatic carbocycles. The van der Waals surface area contributed by atoms with Crippen molar-refractivity contribution in [3.8, 4) is 17.2 Å². The Balaban J connectivity index is 2.00. The second kappa shape index (κ2) is 10.8. The quantitative estimate of drug-likeness (QED) is 0.557. The van der Waals surface area contributed by atoms with E-state index in [0.29, 0.717) is 42.4 Å². The van der Waals surface area contributed by atoms with Crippen molar-refractivity contribution in [2.75, 3.05) is 34.5 Å². The third-order valence-corrected chi connectivity index (χ3v) is 3.96. The Labute approximate surface area is 165 Å². The van der Waals surface area contributed by atoms with E-state index in [4.69, 9.17) is 18.9 Å². The Bertz CT molecular complexity index is 803. The van der Waals surface area contributed by atoms with Crippen LogP contribution in [0.1, 0.15) is 22.8 Å². The van der Waals surface area contributed by atoms with Crippen LogP contribution in [0.2, 0.25) is 0 Å². The number of nitrogens with one attached hydrogen (secondary N) is 1. The van der Waals surface area contributed by atoms with Crippen LogP contribution in [0, 0.1) is 0 Å². The number of aliphatic imine (C=N–C) groups is 1. The van der Waals surface area contributed by atoms with Gasteiger partial charge >= 0.3 is 0 Å². The van der Waals surface area contributed by atoms with Crippen LogP contribution in [0.5, 0.6) is 17.2 Å². The van der Waals surface area contributed by atoms with Gasteiger partial charge in [0.05, 0.1) is 27.9 Å². The second-order valence-electron chi connectivity index (χ2n) is 5.74. The van der Waals surface area contributed by atoms with E-state index in [1.54, 1.807) is 45.6 Å². The molecule has 1 N–H and O–H groups in total. The largest absolute Gasteiger partial charge is 0.497 e. The van der Waals surface area contributed by atoms with Crippen molar-refractivity contribution in [3.05, 3.63) is 53.6 Å². The minimum absolute atomic E-state index is 0.198. The summed E-state index contributed by atoms with van der Waals surface area (Å²) < 4.78 is 21.1. The lowest BCUT2D eigenvalue weighted by Gasteiger charge is -2.11. The van der Waals surface area contributed by atoms with Crippen LogP contribution in [0.3, 0.4) is 0 Å². The number of hydrogen-bond donors (Lipinski definition) is 1. The highest BCUT2D eigenvalue weighted by Gasteiger charge is 2.10. The summed E-state index contributed by atoms with van der Waals surface area (Å²) in [6.07, 6.45) is 0.662. The fourth-order valence-electron chi connectivity index (χ4n) is 2.49. The molecule has 1 amide bonds. The van der Waals surface area contributed by atoms with Crippen LogP contribution in [-0.2, 0) is 11.2 Å². The number of methoxy groups -OCH3 is 3. The van der Waals surface area contributed by atoms with Gasteiger partial charge in [0, 0.05) is 12.1 Å². The van der Waals surface area contributed by atoms with E-state index in [2.05, 4.69) is 10.3 Å². The molecule has 28 heavy (non-hydrogen) atoms. The molecule has 150 valence electrons. The molecule has 0 unspecified atom stereocenters. The third kappa shape index (κ3) is 5.90. The van der Waals surface area contributed by atoms with E-state index >= 15 is 0 Å². The third-order valence-electron chi connectivity index (χ3n) is 3.96. The van der Waals surface area contributed by atoms with Crippen LogP contribution in [0.25, 0.3) is 0 Å². The molecule has 2 aromatic rings. The number of amides is 1. The van der Waals surface area contributed by atoms with Crippen LogP contribution >= 0.6 is 0 Å². The predicted molar refractivity (Wildman–Crippen MR) is 108 cm³/mol. The smallest absolute Gasteiger partial charge is 0.291 e. The zero-order chi connectivity index (χ0) is 20.4. The van der Waals surface area contributed by atoms with Gasteiger partial charge in [0.25, 0.3) is 11.9 Å². The summed E-state index contributed by atoms with van der Waals surface area (Å²) in [5.74, 6) is 1.74. The number of hydrogen-bond acceptors (Lipinski definition) is 6. The Morgan fingerprint density at radius 1 is 0.964 bits per heavy atom. The average molecular weight is 386 g/mol. The molecule has 0 aliphatic rings. The van der Waals surface area contributed by atoms with E-state index in [9.17, 15) is 4.79 Å². The summed E-state index contributed by atoms with van der Waals surface area (Å²) in [5, 5.41) is 2.70. The number of ether oxygens (including phenoxy) is 4. The van der Waals surface area contributed by atoms with Crippen molar-refractivity contribution >= 4 is 11.9 Å². The zero-order valence-corrected chi connectivity index (χ0v) is 16.7. The maximum absolute atomic E-state index is 12.4. The van der Waals surface area contributed by atoms with Gasteiger partial charge in [-0.1, -0.05) is 6.07 Å². The number of carbonyl (C=O) groups excluding carboxylic acids is 1. The molecule has 0 atom stereocenters. The fraction of sp³-hybridized carbons (Fsp3) is 0.333. The number of amidine groups is 1. The van der Waals surface area contributed by atoms with Crippen molar-refractivity contribution in [1.29, 1.82) is 0 Å². The standard InChI is InChI=1S/C21H26N2O5/c1-5-28-21(23-20(24)16-7-9-17(25-2)10-8-16)22-13-12-15-6-11-18(26-3)19(14-15)27-4/h6-11,14H,5,12-13H2,1-4H3,(H,22,23,24). The van der Waals surface area contributed by atoms with E-state index < -0.39 is 0 Å². The first-order valence-corrected chi connectivity index (χ1v) is 8.94. The maximum atomic E-state index is 12.4. The summed E-state index contributed by atoms with van der Waals surface area (Å²) in [6, 6.07) is 12.7. The van der Waals surface area contributed by atoms with Gasteiger partial charge < -0.3 is 18.9 Å². The first-order valence-electron chi connectivity index (χ1n) is 8.94. The summed E-state index contributed by atoms with van der Waals surface area (Å²) in [5.41, 5.74) is 1.53. The van der Waals surface area contributed by atoms with Crippen LogP contribution in [0.4, 0.5) is 0 Å². The predicted octanol–water partition coefficient (Wildman–Crippen LogP) is 3.08. The van der Waals surface area contributed by atoms with Gasteiger partial charge in [0.1, 0.15) is 5.75 Å². The van der Waals surface area contributed by atoms with Gasteiger partial charge in [-0.15, -0.1) is 0 Å². The number of rotatable bonds is 8.